The summed E-state index contributed by atoms with van der Waals surface area (Å²) in [6, 6.07) is 6.23. The number of rotatable bonds is 3. The molecule has 0 unspecified atom stereocenters. The van der Waals surface area contributed by atoms with Crippen LogP contribution < -0.4 is 15.4 Å². The van der Waals surface area contributed by atoms with Gasteiger partial charge in [-0.2, -0.15) is 5.10 Å². The molecule has 28 heavy (non-hydrogen) atoms. The highest BCUT2D eigenvalue weighted by atomic mass is 19.1. The molecule has 3 aromatic rings. The van der Waals surface area contributed by atoms with Crippen molar-refractivity contribution in [3.63, 3.8) is 0 Å². The molecular weight excluding hydrogens is 361 g/mol. The van der Waals surface area contributed by atoms with Crippen LogP contribution in [0.3, 0.4) is 0 Å². The second-order valence-electron chi connectivity index (χ2n) is 6.84. The minimum atomic E-state index is -0.326. The summed E-state index contributed by atoms with van der Waals surface area (Å²) >= 11 is 0. The summed E-state index contributed by atoms with van der Waals surface area (Å²) in [5.41, 5.74) is 1.57. The van der Waals surface area contributed by atoms with Crippen LogP contribution in [0.5, 0.6) is 5.75 Å². The number of amides is 1. The number of aromatic nitrogens is 3. The lowest BCUT2D eigenvalue weighted by Crippen LogP contribution is -2.35. The lowest BCUT2D eigenvalue weighted by molar-refractivity contribution is 0.0924. The van der Waals surface area contributed by atoms with Crippen LogP contribution >= 0.6 is 0 Å². The van der Waals surface area contributed by atoms with Crippen LogP contribution in [0.25, 0.3) is 5.65 Å². The van der Waals surface area contributed by atoms with E-state index >= 15 is 0 Å². The Morgan fingerprint density at radius 1 is 1.32 bits per heavy atom. The van der Waals surface area contributed by atoms with E-state index < -0.39 is 0 Å². The maximum absolute atomic E-state index is 13.8. The monoisotopic (exact) mass is 383 g/mol. The molecule has 1 amide bonds. The number of hydrogen-bond donors (Lipinski definition) is 2. The molecule has 1 atom stereocenters. The van der Waals surface area contributed by atoms with Crippen molar-refractivity contribution in [2.75, 3.05) is 11.9 Å². The van der Waals surface area contributed by atoms with E-state index in [9.17, 15) is 9.18 Å². The Hall–Kier alpha value is -3.16. The SMILES string of the molecule is CCCC[C@H]1CNC(=O)c2cnn3ccc(nc23)NCc2cc(F)ccc2O1. The normalized spacial score (nSPS) is 16.9. The summed E-state index contributed by atoms with van der Waals surface area (Å²) in [6.07, 6.45) is 5.80. The fraction of sp³-hybridized carbons (Fsp3) is 0.350. The summed E-state index contributed by atoms with van der Waals surface area (Å²) in [6.45, 7) is 2.80. The maximum atomic E-state index is 13.8. The molecule has 7 nitrogen and oxygen atoms in total. The first-order chi connectivity index (χ1) is 13.6. The highest BCUT2D eigenvalue weighted by molar-refractivity contribution is 5.99. The first-order valence-electron chi connectivity index (χ1n) is 9.45. The molecule has 0 aliphatic carbocycles. The summed E-state index contributed by atoms with van der Waals surface area (Å²) < 4.78 is 21.5. The predicted octanol–water partition coefficient (Wildman–Crippen LogP) is 3.16. The molecule has 4 rings (SSSR count). The van der Waals surface area contributed by atoms with E-state index in [2.05, 4.69) is 27.6 Å². The van der Waals surface area contributed by atoms with E-state index in [4.69, 9.17) is 4.74 Å². The third-order valence-electron chi connectivity index (χ3n) is 4.76. The van der Waals surface area contributed by atoms with E-state index in [1.54, 1.807) is 22.8 Å². The van der Waals surface area contributed by atoms with Gasteiger partial charge in [-0.15, -0.1) is 0 Å². The molecular formula is C20H22FN5O2. The molecule has 1 aliphatic rings. The molecule has 3 heterocycles. The van der Waals surface area contributed by atoms with E-state index in [0.29, 0.717) is 41.4 Å². The second kappa shape index (κ2) is 7.84. The maximum Gasteiger partial charge on any atom is 0.256 e. The van der Waals surface area contributed by atoms with Crippen molar-refractivity contribution in [1.29, 1.82) is 0 Å². The third-order valence-corrected chi connectivity index (χ3v) is 4.76. The second-order valence-corrected chi connectivity index (χ2v) is 6.84. The highest BCUT2D eigenvalue weighted by Gasteiger charge is 2.19. The van der Waals surface area contributed by atoms with Crippen molar-refractivity contribution >= 4 is 17.4 Å². The molecule has 2 N–H and O–H groups in total. The molecule has 146 valence electrons. The lowest BCUT2D eigenvalue weighted by Gasteiger charge is -2.21. The van der Waals surface area contributed by atoms with Crippen LogP contribution in [-0.2, 0) is 6.54 Å². The Bertz CT molecular complexity index is 1000. The molecule has 1 aromatic carbocycles. The van der Waals surface area contributed by atoms with E-state index in [-0.39, 0.29) is 17.8 Å². The average Bonchev–Trinajstić information content (AvgIpc) is 3.12. The molecule has 1 aliphatic heterocycles. The minimum absolute atomic E-state index is 0.212. The smallest absolute Gasteiger partial charge is 0.256 e. The zero-order chi connectivity index (χ0) is 19.5. The van der Waals surface area contributed by atoms with E-state index in [1.165, 1.54) is 18.3 Å². The highest BCUT2D eigenvalue weighted by Crippen LogP contribution is 2.24. The van der Waals surface area contributed by atoms with Gasteiger partial charge in [0.2, 0.25) is 0 Å². The van der Waals surface area contributed by atoms with Crippen molar-refractivity contribution < 1.29 is 13.9 Å². The van der Waals surface area contributed by atoms with Crippen LogP contribution in [0.1, 0.15) is 42.1 Å². The Labute approximate surface area is 161 Å². The molecule has 0 spiro atoms. The molecule has 2 aromatic heterocycles. The molecule has 0 fully saturated rings. The van der Waals surface area contributed by atoms with Crippen molar-refractivity contribution in [1.82, 2.24) is 19.9 Å². The number of benzene rings is 1. The number of carbonyl (C=O) groups excluding carboxylic acids is 1. The molecule has 0 saturated heterocycles. The van der Waals surface area contributed by atoms with Crippen molar-refractivity contribution in [3.8, 4) is 5.75 Å². The van der Waals surface area contributed by atoms with Gasteiger partial charge >= 0.3 is 0 Å². The van der Waals surface area contributed by atoms with Gasteiger partial charge in [0, 0.05) is 18.3 Å². The van der Waals surface area contributed by atoms with Gasteiger partial charge in [0.25, 0.3) is 5.91 Å². The fourth-order valence-electron chi connectivity index (χ4n) is 3.23. The summed E-state index contributed by atoms with van der Waals surface area (Å²) in [5, 5.41) is 10.3. The van der Waals surface area contributed by atoms with Crippen molar-refractivity contribution in [2.24, 2.45) is 0 Å². The van der Waals surface area contributed by atoms with Gasteiger partial charge in [-0.05, 0) is 37.1 Å². The van der Waals surface area contributed by atoms with Gasteiger partial charge in [-0.1, -0.05) is 13.3 Å². The Morgan fingerprint density at radius 2 is 2.21 bits per heavy atom. The Balaban J connectivity index is 1.72. The molecule has 8 heteroatoms. The number of hydrogen-bond acceptors (Lipinski definition) is 5. The number of halogens is 1. The third kappa shape index (κ3) is 3.76. The topological polar surface area (TPSA) is 80.6 Å². The van der Waals surface area contributed by atoms with Gasteiger partial charge in [-0.25, -0.2) is 13.9 Å². The number of carbonyl (C=O) groups is 1. The first-order valence-corrected chi connectivity index (χ1v) is 9.45. The van der Waals surface area contributed by atoms with E-state index in [1.807, 2.05) is 0 Å². The van der Waals surface area contributed by atoms with Gasteiger partial charge < -0.3 is 15.4 Å². The number of nitrogens with one attached hydrogen (secondary N) is 2. The van der Waals surface area contributed by atoms with Crippen molar-refractivity contribution in [3.05, 3.63) is 53.6 Å². The Morgan fingerprint density at radius 3 is 3.07 bits per heavy atom. The first kappa shape index (κ1) is 18.2. The average molecular weight is 383 g/mol. The molecule has 0 radical (unpaired) electrons. The lowest BCUT2D eigenvalue weighted by atomic mass is 10.1. The fourth-order valence-corrected chi connectivity index (χ4v) is 3.23. The van der Waals surface area contributed by atoms with Crippen LogP contribution in [0.2, 0.25) is 0 Å². The minimum Gasteiger partial charge on any atom is -0.488 e. The zero-order valence-electron chi connectivity index (χ0n) is 15.6. The van der Waals surface area contributed by atoms with Crippen molar-refractivity contribution in [2.45, 2.75) is 38.8 Å². The zero-order valence-corrected chi connectivity index (χ0v) is 15.6. The standard InChI is InChI=1S/C20H22FN5O2/c1-2-3-4-15-11-23-20(27)16-12-24-26-8-7-18(25-19(16)26)22-10-13-9-14(21)5-6-17(13)28-15/h5-9,12,15H,2-4,10-11H2,1H3,(H,22,25)(H,23,27)/t15-/m0/s1. The van der Waals surface area contributed by atoms with Crippen LogP contribution in [0.15, 0.2) is 36.7 Å². The number of unbranched alkanes of at least 4 members (excludes halogenated alkanes) is 1. The van der Waals surface area contributed by atoms with Crippen LogP contribution in [0.4, 0.5) is 10.2 Å². The quantitative estimate of drug-likeness (QED) is 0.726. The van der Waals surface area contributed by atoms with Gasteiger partial charge in [0.1, 0.15) is 29.1 Å². The number of nitrogens with zero attached hydrogens (tertiary/aromatic N) is 3. The summed E-state index contributed by atoms with van der Waals surface area (Å²) in [5.74, 6) is 0.600. The summed E-state index contributed by atoms with van der Waals surface area (Å²) in [4.78, 5) is 17.2. The summed E-state index contributed by atoms with van der Waals surface area (Å²) in [7, 11) is 0. The van der Waals surface area contributed by atoms with Crippen LogP contribution in [0, 0.1) is 5.82 Å². The van der Waals surface area contributed by atoms with E-state index in [0.717, 1.165) is 19.3 Å². The van der Waals surface area contributed by atoms with Gasteiger partial charge in [0.05, 0.1) is 12.7 Å². The predicted molar refractivity (Wildman–Crippen MR) is 103 cm³/mol. The van der Waals surface area contributed by atoms with Gasteiger partial charge in [0.15, 0.2) is 5.65 Å². The number of anilines is 1. The molecule has 2 bridgehead atoms. The van der Waals surface area contributed by atoms with Gasteiger partial charge in [-0.3, -0.25) is 4.79 Å². The largest absolute Gasteiger partial charge is 0.488 e. The van der Waals surface area contributed by atoms with Crippen LogP contribution in [-0.4, -0.2) is 33.2 Å². The number of ether oxygens (including phenoxy) is 1. The number of fused-ring (bicyclic) bond motifs is 2. The Kier molecular flexibility index (Phi) is 5.10. The molecule has 0 saturated carbocycles.